The van der Waals surface area contributed by atoms with Crippen molar-refractivity contribution >= 4 is 17.7 Å². The maximum absolute atomic E-state index is 12.4. The molecule has 2 aliphatic heterocycles. The van der Waals surface area contributed by atoms with E-state index >= 15 is 0 Å². The number of carbonyl (C=O) groups excluding carboxylic acids is 1. The van der Waals surface area contributed by atoms with Crippen LogP contribution in [0, 0.1) is 0 Å². The van der Waals surface area contributed by atoms with Crippen LogP contribution >= 0.6 is 11.8 Å². The van der Waals surface area contributed by atoms with Crippen molar-refractivity contribution in [3.05, 3.63) is 35.9 Å². The average molecular weight is 276 g/mol. The molecule has 19 heavy (non-hydrogen) atoms. The molecule has 2 heterocycles. The zero-order chi connectivity index (χ0) is 13.2. The van der Waals surface area contributed by atoms with Crippen LogP contribution in [0.25, 0.3) is 0 Å². The summed E-state index contributed by atoms with van der Waals surface area (Å²) < 4.78 is 0. The Morgan fingerprint density at radius 2 is 2.11 bits per heavy atom. The van der Waals surface area contributed by atoms with Crippen molar-refractivity contribution in [3.63, 3.8) is 0 Å². The van der Waals surface area contributed by atoms with E-state index in [9.17, 15) is 4.79 Å². The van der Waals surface area contributed by atoms with Crippen LogP contribution in [0.1, 0.15) is 31.5 Å². The van der Waals surface area contributed by atoms with Crippen LogP contribution in [-0.4, -0.2) is 34.4 Å². The van der Waals surface area contributed by atoms with Crippen molar-refractivity contribution < 1.29 is 4.79 Å². The number of nitrogens with zero attached hydrogens (tertiary/aromatic N) is 1. The molecule has 0 saturated carbocycles. The molecule has 3 nitrogen and oxygen atoms in total. The van der Waals surface area contributed by atoms with Crippen molar-refractivity contribution in [1.82, 2.24) is 10.2 Å². The number of amides is 1. The summed E-state index contributed by atoms with van der Waals surface area (Å²) in [5.41, 5.74) is 1.19. The molecule has 3 rings (SSSR count). The first kappa shape index (κ1) is 13.0. The molecule has 0 bridgehead atoms. The third-order valence-corrected chi connectivity index (χ3v) is 5.15. The largest absolute Gasteiger partial charge is 0.318 e. The summed E-state index contributed by atoms with van der Waals surface area (Å²) in [5, 5.41) is 3.43. The summed E-state index contributed by atoms with van der Waals surface area (Å²) >= 11 is 1.97. The molecule has 3 unspecified atom stereocenters. The number of nitrogens with one attached hydrogen (secondary N) is 1. The number of hydrogen-bond donors (Lipinski definition) is 1. The minimum atomic E-state index is -0.0721. The lowest BCUT2D eigenvalue weighted by Crippen LogP contribution is -2.42. The summed E-state index contributed by atoms with van der Waals surface area (Å²) in [6, 6.07) is 10.6. The van der Waals surface area contributed by atoms with E-state index in [0.29, 0.717) is 6.04 Å². The van der Waals surface area contributed by atoms with Gasteiger partial charge in [0.25, 0.3) is 0 Å². The molecule has 102 valence electrons. The molecule has 0 radical (unpaired) electrons. The monoisotopic (exact) mass is 276 g/mol. The van der Waals surface area contributed by atoms with Gasteiger partial charge in [0.15, 0.2) is 0 Å². The van der Waals surface area contributed by atoms with Gasteiger partial charge in [-0.2, -0.15) is 11.8 Å². The summed E-state index contributed by atoms with van der Waals surface area (Å²) in [6.07, 6.45) is 2.40. The quantitative estimate of drug-likeness (QED) is 0.900. The van der Waals surface area contributed by atoms with E-state index in [1.54, 1.807) is 0 Å². The molecule has 0 spiro atoms. The second-order valence-corrected chi connectivity index (χ2v) is 6.47. The lowest BCUT2D eigenvalue weighted by Gasteiger charge is -2.35. The van der Waals surface area contributed by atoms with E-state index in [4.69, 9.17) is 0 Å². The van der Waals surface area contributed by atoms with Crippen LogP contribution in [0.3, 0.4) is 0 Å². The highest BCUT2D eigenvalue weighted by Gasteiger charge is 2.41. The van der Waals surface area contributed by atoms with Crippen molar-refractivity contribution in [2.45, 2.75) is 38.0 Å². The van der Waals surface area contributed by atoms with Crippen molar-refractivity contribution in [1.29, 1.82) is 0 Å². The first-order chi connectivity index (χ1) is 9.27. The van der Waals surface area contributed by atoms with Crippen LogP contribution in [0.5, 0.6) is 0 Å². The van der Waals surface area contributed by atoms with Crippen molar-refractivity contribution in [3.8, 4) is 0 Å². The Hall–Kier alpha value is -1.00. The van der Waals surface area contributed by atoms with Gasteiger partial charge >= 0.3 is 0 Å². The number of hydrogen-bond acceptors (Lipinski definition) is 3. The molecule has 2 saturated heterocycles. The van der Waals surface area contributed by atoms with Crippen LogP contribution < -0.4 is 5.32 Å². The number of rotatable bonds is 2. The summed E-state index contributed by atoms with van der Waals surface area (Å²) in [7, 11) is 0. The van der Waals surface area contributed by atoms with E-state index < -0.39 is 0 Å². The van der Waals surface area contributed by atoms with Gasteiger partial charge in [0, 0.05) is 11.8 Å². The van der Waals surface area contributed by atoms with Gasteiger partial charge in [0.2, 0.25) is 5.91 Å². The first-order valence-corrected chi connectivity index (χ1v) is 8.14. The Morgan fingerprint density at radius 3 is 2.79 bits per heavy atom. The van der Waals surface area contributed by atoms with Crippen molar-refractivity contribution in [2.24, 2.45) is 0 Å². The fraction of sp³-hybridized carbons (Fsp3) is 0.533. The summed E-state index contributed by atoms with van der Waals surface area (Å²) in [5.74, 6) is 2.56. The van der Waals surface area contributed by atoms with E-state index in [0.717, 1.165) is 12.2 Å². The van der Waals surface area contributed by atoms with E-state index in [2.05, 4.69) is 22.3 Å². The molecule has 0 aromatic heterocycles. The third-order valence-electron chi connectivity index (χ3n) is 3.96. The molecule has 3 atom stereocenters. The molecule has 2 fully saturated rings. The molecular weight excluding hydrogens is 256 g/mol. The fourth-order valence-electron chi connectivity index (χ4n) is 2.97. The fourth-order valence-corrected chi connectivity index (χ4v) is 4.10. The molecule has 2 aliphatic rings. The minimum Gasteiger partial charge on any atom is -0.318 e. The van der Waals surface area contributed by atoms with Gasteiger partial charge in [-0.25, -0.2) is 0 Å². The number of benzene rings is 1. The number of carbonyl (C=O) groups is 1. The molecule has 1 N–H and O–H groups in total. The van der Waals surface area contributed by atoms with Crippen LogP contribution in [0.15, 0.2) is 30.3 Å². The smallest absolute Gasteiger partial charge is 0.241 e. The SMILES string of the molecule is CC1NC(c2ccccc2)N(C2CCCSC2)C1=O. The van der Waals surface area contributed by atoms with Gasteiger partial charge in [-0.05, 0) is 31.1 Å². The maximum Gasteiger partial charge on any atom is 0.241 e. The predicted octanol–water partition coefficient (Wildman–Crippen LogP) is 2.40. The van der Waals surface area contributed by atoms with Crippen LogP contribution in [0.2, 0.25) is 0 Å². The minimum absolute atomic E-state index is 0.0485. The lowest BCUT2D eigenvalue weighted by molar-refractivity contribution is -0.131. The van der Waals surface area contributed by atoms with Gasteiger partial charge < -0.3 is 4.90 Å². The number of thioether (sulfide) groups is 1. The average Bonchev–Trinajstić information content (AvgIpc) is 2.77. The van der Waals surface area contributed by atoms with Gasteiger partial charge in [-0.15, -0.1) is 0 Å². The molecule has 1 aromatic rings. The Balaban J connectivity index is 1.87. The molecule has 1 amide bonds. The Morgan fingerprint density at radius 1 is 1.32 bits per heavy atom. The zero-order valence-electron chi connectivity index (χ0n) is 11.2. The molecule has 1 aromatic carbocycles. The maximum atomic E-state index is 12.4. The highest BCUT2D eigenvalue weighted by molar-refractivity contribution is 7.99. The molecular formula is C15H20N2OS. The summed E-state index contributed by atoms with van der Waals surface area (Å²) in [4.78, 5) is 14.5. The standard InChI is InChI=1S/C15H20N2OS/c1-11-15(18)17(13-8-5-9-19-10-13)14(16-11)12-6-3-2-4-7-12/h2-4,6-7,11,13-14,16H,5,8-10H2,1H3. The van der Waals surface area contributed by atoms with Gasteiger partial charge in [0.1, 0.15) is 6.17 Å². The molecule has 0 aliphatic carbocycles. The topological polar surface area (TPSA) is 32.3 Å². The Bertz CT molecular complexity index is 445. The second-order valence-electron chi connectivity index (χ2n) is 5.32. The lowest BCUT2D eigenvalue weighted by atomic mass is 10.1. The molecule has 4 heteroatoms. The van der Waals surface area contributed by atoms with Gasteiger partial charge in [0.05, 0.1) is 6.04 Å². The van der Waals surface area contributed by atoms with Gasteiger partial charge in [-0.3, -0.25) is 10.1 Å². The summed E-state index contributed by atoms with van der Waals surface area (Å²) in [6.45, 7) is 1.97. The van der Waals surface area contributed by atoms with E-state index in [1.165, 1.54) is 17.7 Å². The van der Waals surface area contributed by atoms with Gasteiger partial charge in [-0.1, -0.05) is 30.3 Å². The third kappa shape index (κ3) is 2.51. The van der Waals surface area contributed by atoms with E-state index in [1.807, 2.05) is 36.9 Å². The first-order valence-electron chi connectivity index (χ1n) is 6.98. The van der Waals surface area contributed by atoms with Crippen LogP contribution in [-0.2, 0) is 4.79 Å². The predicted molar refractivity (Wildman–Crippen MR) is 79.0 cm³/mol. The normalized spacial score (nSPS) is 31.7. The Kier molecular flexibility index (Phi) is 3.80. The van der Waals surface area contributed by atoms with Crippen molar-refractivity contribution in [2.75, 3.05) is 11.5 Å². The zero-order valence-corrected chi connectivity index (χ0v) is 12.0. The highest BCUT2D eigenvalue weighted by Crippen LogP contribution is 2.32. The Labute approximate surface area is 118 Å². The van der Waals surface area contributed by atoms with E-state index in [-0.39, 0.29) is 18.1 Å². The van der Waals surface area contributed by atoms with Crippen LogP contribution in [0.4, 0.5) is 0 Å². The second kappa shape index (κ2) is 5.55. The highest BCUT2D eigenvalue weighted by atomic mass is 32.2.